The van der Waals surface area contributed by atoms with Gasteiger partial charge in [-0.2, -0.15) is 5.10 Å². The van der Waals surface area contributed by atoms with E-state index in [1.807, 2.05) is 48.5 Å². The number of anilines is 1. The molecular weight excluding hydrogens is 416 g/mol. The summed E-state index contributed by atoms with van der Waals surface area (Å²) in [5.41, 5.74) is 1.34. The van der Waals surface area contributed by atoms with Crippen LogP contribution in [0, 0.1) is 11.6 Å². The summed E-state index contributed by atoms with van der Waals surface area (Å²) in [6.07, 6.45) is 1.51. The third kappa shape index (κ3) is 4.54. The van der Waals surface area contributed by atoms with Crippen molar-refractivity contribution in [3.8, 4) is 16.9 Å². The van der Waals surface area contributed by atoms with Gasteiger partial charge in [0.2, 0.25) is 0 Å². The Morgan fingerprint density at radius 1 is 0.875 bits per heavy atom. The highest BCUT2D eigenvalue weighted by Gasteiger charge is 2.21. The number of esters is 1. The van der Waals surface area contributed by atoms with Crippen molar-refractivity contribution in [1.29, 1.82) is 0 Å². The van der Waals surface area contributed by atoms with Gasteiger partial charge in [-0.15, -0.1) is 0 Å². The largest absolute Gasteiger partial charge is 0.452 e. The molecular formula is C24H17F2N3O3. The first-order chi connectivity index (χ1) is 15.5. The third-order valence-electron chi connectivity index (χ3n) is 4.56. The molecule has 1 N–H and O–H groups in total. The normalized spacial score (nSPS) is 10.6. The zero-order valence-electron chi connectivity index (χ0n) is 16.7. The van der Waals surface area contributed by atoms with Gasteiger partial charge in [0.05, 0.1) is 5.69 Å². The molecule has 3 aromatic carbocycles. The van der Waals surface area contributed by atoms with Crippen LogP contribution in [0.5, 0.6) is 0 Å². The van der Waals surface area contributed by atoms with Crippen LogP contribution in [0.1, 0.15) is 10.4 Å². The van der Waals surface area contributed by atoms with E-state index in [2.05, 4.69) is 10.4 Å². The number of carbonyl (C=O) groups is 2. The Bertz CT molecular complexity index is 1240. The molecule has 0 unspecified atom stereocenters. The Balaban J connectivity index is 1.55. The molecule has 0 bridgehead atoms. The molecule has 0 fully saturated rings. The molecule has 0 saturated carbocycles. The summed E-state index contributed by atoms with van der Waals surface area (Å²) in [4.78, 5) is 24.9. The number of benzene rings is 3. The molecule has 0 saturated heterocycles. The summed E-state index contributed by atoms with van der Waals surface area (Å²) in [6, 6.07) is 21.4. The van der Waals surface area contributed by atoms with Gasteiger partial charge in [0.1, 0.15) is 28.6 Å². The number of ether oxygens (including phenoxy) is 1. The average Bonchev–Trinajstić information content (AvgIpc) is 3.27. The van der Waals surface area contributed by atoms with Gasteiger partial charge < -0.3 is 10.1 Å². The predicted molar refractivity (Wildman–Crippen MR) is 114 cm³/mol. The highest BCUT2D eigenvalue weighted by atomic mass is 19.1. The minimum atomic E-state index is -0.930. The lowest BCUT2D eigenvalue weighted by atomic mass is 10.1. The number of hydrogen-bond donors (Lipinski definition) is 1. The van der Waals surface area contributed by atoms with Gasteiger partial charge in [-0.05, 0) is 24.3 Å². The molecule has 32 heavy (non-hydrogen) atoms. The molecule has 0 aliphatic rings. The Kier molecular flexibility index (Phi) is 6.03. The van der Waals surface area contributed by atoms with E-state index < -0.39 is 35.8 Å². The maximum atomic E-state index is 13.7. The Morgan fingerprint density at radius 2 is 1.50 bits per heavy atom. The molecule has 160 valence electrons. The Labute approximate surface area is 182 Å². The zero-order chi connectivity index (χ0) is 22.5. The van der Waals surface area contributed by atoms with Crippen LogP contribution in [0.3, 0.4) is 0 Å². The molecule has 1 heterocycles. The van der Waals surface area contributed by atoms with Crippen molar-refractivity contribution in [1.82, 2.24) is 9.78 Å². The quantitative estimate of drug-likeness (QED) is 0.451. The van der Waals surface area contributed by atoms with E-state index in [1.165, 1.54) is 16.9 Å². The molecule has 0 radical (unpaired) electrons. The van der Waals surface area contributed by atoms with Gasteiger partial charge in [0.25, 0.3) is 5.91 Å². The summed E-state index contributed by atoms with van der Waals surface area (Å²) in [5.74, 6) is -3.53. The minimum absolute atomic E-state index is 0.143. The summed E-state index contributed by atoms with van der Waals surface area (Å²) in [6.45, 7) is -0.725. The van der Waals surface area contributed by atoms with Crippen LogP contribution in [-0.2, 0) is 9.53 Å². The Morgan fingerprint density at radius 3 is 2.16 bits per heavy atom. The van der Waals surface area contributed by atoms with Crippen LogP contribution < -0.4 is 5.32 Å². The van der Waals surface area contributed by atoms with Crippen molar-refractivity contribution >= 4 is 17.6 Å². The molecule has 0 aliphatic carbocycles. The standard InChI is InChI=1S/C24H17F2N3O3/c25-19-12-7-13-20(26)23(19)27-21(30)15-32-24(31)18-14-29(17-10-5-2-6-11-17)28-22(18)16-8-3-1-4-9-16/h1-14H,15H2,(H,27,30). The molecule has 8 heteroatoms. The molecule has 0 atom stereocenters. The maximum Gasteiger partial charge on any atom is 0.342 e. The molecule has 6 nitrogen and oxygen atoms in total. The number of para-hydroxylation sites is 2. The SMILES string of the molecule is O=C(COC(=O)c1cn(-c2ccccc2)nc1-c1ccccc1)Nc1c(F)cccc1F. The first-order valence-corrected chi connectivity index (χ1v) is 9.64. The first kappa shape index (κ1) is 20.9. The number of amides is 1. The van der Waals surface area contributed by atoms with E-state index in [1.54, 1.807) is 12.1 Å². The monoisotopic (exact) mass is 433 g/mol. The van der Waals surface area contributed by atoms with E-state index in [-0.39, 0.29) is 5.56 Å². The van der Waals surface area contributed by atoms with E-state index >= 15 is 0 Å². The van der Waals surface area contributed by atoms with Crippen molar-refractivity contribution < 1.29 is 23.1 Å². The van der Waals surface area contributed by atoms with Gasteiger partial charge in [-0.1, -0.05) is 54.6 Å². The summed E-state index contributed by atoms with van der Waals surface area (Å²) in [5, 5.41) is 6.58. The third-order valence-corrected chi connectivity index (χ3v) is 4.56. The topological polar surface area (TPSA) is 73.2 Å². The minimum Gasteiger partial charge on any atom is -0.452 e. The van der Waals surface area contributed by atoms with Crippen LogP contribution in [0.25, 0.3) is 16.9 Å². The summed E-state index contributed by atoms with van der Waals surface area (Å²) < 4.78 is 34.1. The molecule has 0 spiro atoms. The van der Waals surface area contributed by atoms with Gasteiger partial charge in [-0.3, -0.25) is 4.79 Å². The fraction of sp³-hybridized carbons (Fsp3) is 0.0417. The predicted octanol–water partition coefficient (Wildman–Crippen LogP) is 4.61. The van der Waals surface area contributed by atoms with E-state index in [0.717, 1.165) is 17.8 Å². The van der Waals surface area contributed by atoms with Gasteiger partial charge in [0, 0.05) is 11.8 Å². The van der Waals surface area contributed by atoms with Crippen molar-refractivity contribution in [2.24, 2.45) is 0 Å². The van der Waals surface area contributed by atoms with Crippen molar-refractivity contribution in [2.75, 3.05) is 11.9 Å². The van der Waals surface area contributed by atoms with E-state index in [9.17, 15) is 18.4 Å². The molecule has 4 aromatic rings. The van der Waals surface area contributed by atoms with E-state index in [0.29, 0.717) is 11.3 Å². The van der Waals surface area contributed by atoms with Crippen LogP contribution in [0.15, 0.2) is 85.1 Å². The summed E-state index contributed by atoms with van der Waals surface area (Å²) in [7, 11) is 0. The number of aromatic nitrogens is 2. The van der Waals surface area contributed by atoms with Crippen molar-refractivity contribution in [3.63, 3.8) is 0 Å². The number of halogens is 2. The molecule has 0 aliphatic heterocycles. The fourth-order valence-corrected chi connectivity index (χ4v) is 3.05. The maximum absolute atomic E-state index is 13.7. The number of carbonyl (C=O) groups excluding carboxylic acids is 2. The smallest absolute Gasteiger partial charge is 0.342 e. The summed E-state index contributed by atoms with van der Waals surface area (Å²) >= 11 is 0. The number of hydrogen-bond acceptors (Lipinski definition) is 4. The second-order valence-electron chi connectivity index (χ2n) is 6.76. The van der Waals surface area contributed by atoms with Crippen molar-refractivity contribution in [2.45, 2.75) is 0 Å². The van der Waals surface area contributed by atoms with Crippen LogP contribution in [0.4, 0.5) is 14.5 Å². The highest BCUT2D eigenvalue weighted by molar-refractivity contribution is 5.98. The lowest BCUT2D eigenvalue weighted by Crippen LogP contribution is -2.22. The van der Waals surface area contributed by atoms with Gasteiger partial charge in [0.15, 0.2) is 6.61 Å². The lowest BCUT2D eigenvalue weighted by Gasteiger charge is -2.08. The molecule has 4 rings (SSSR count). The molecule has 1 aromatic heterocycles. The first-order valence-electron chi connectivity index (χ1n) is 9.64. The van der Waals surface area contributed by atoms with Crippen LogP contribution >= 0.6 is 0 Å². The van der Waals surface area contributed by atoms with Crippen molar-refractivity contribution in [3.05, 3.63) is 102 Å². The average molecular weight is 433 g/mol. The zero-order valence-corrected chi connectivity index (χ0v) is 16.7. The fourth-order valence-electron chi connectivity index (χ4n) is 3.05. The molecule has 1 amide bonds. The highest BCUT2D eigenvalue weighted by Crippen LogP contribution is 2.24. The second-order valence-corrected chi connectivity index (χ2v) is 6.76. The van der Waals surface area contributed by atoms with Crippen LogP contribution in [-0.4, -0.2) is 28.3 Å². The van der Waals surface area contributed by atoms with Gasteiger partial charge >= 0.3 is 5.97 Å². The van der Waals surface area contributed by atoms with Gasteiger partial charge in [-0.25, -0.2) is 18.3 Å². The number of nitrogens with zero attached hydrogens (tertiary/aromatic N) is 2. The van der Waals surface area contributed by atoms with E-state index in [4.69, 9.17) is 4.74 Å². The lowest BCUT2D eigenvalue weighted by molar-refractivity contribution is -0.119. The van der Waals surface area contributed by atoms with Crippen LogP contribution in [0.2, 0.25) is 0 Å². The number of rotatable bonds is 6. The number of nitrogens with one attached hydrogen (secondary N) is 1. The second kappa shape index (κ2) is 9.22. The Hall–Kier alpha value is -4.33.